The molecule has 1 unspecified atom stereocenters. The van der Waals surface area contributed by atoms with Crippen LogP contribution in [0.25, 0.3) is 0 Å². The summed E-state index contributed by atoms with van der Waals surface area (Å²) in [6, 6.07) is 0. The number of rotatable bonds is 2. The molecule has 0 aromatic carbocycles. The van der Waals surface area contributed by atoms with Crippen LogP contribution in [0.5, 0.6) is 0 Å². The van der Waals surface area contributed by atoms with Crippen LogP contribution in [0.4, 0.5) is 0 Å². The summed E-state index contributed by atoms with van der Waals surface area (Å²) >= 11 is 0. The molecule has 1 heterocycles. The molecular formula is C10H21N. The van der Waals surface area contributed by atoms with E-state index in [1.807, 2.05) is 0 Å². The van der Waals surface area contributed by atoms with E-state index in [0.717, 1.165) is 11.8 Å². The maximum Gasteiger partial charge on any atom is 0.000957 e. The molecule has 11 heavy (non-hydrogen) atoms. The Balaban J connectivity index is 2.28. The van der Waals surface area contributed by atoms with Crippen molar-refractivity contribution in [1.82, 2.24) is 4.90 Å². The first-order valence-corrected chi connectivity index (χ1v) is 4.96. The highest BCUT2D eigenvalue weighted by Gasteiger charge is 2.21. The second-order valence-corrected chi connectivity index (χ2v) is 4.04. The highest BCUT2D eigenvalue weighted by Crippen LogP contribution is 2.22. The van der Waals surface area contributed by atoms with Crippen LogP contribution in [0.3, 0.4) is 0 Å². The van der Waals surface area contributed by atoms with E-state index >= 15 is 0 Å². The summed E-state index contributed by atoms with van der Waals surface area (Å²) in [7, 11) is 0. The molecule has 1 nitrogen and oxygen atoms in total. The zero-order valence-electron chi connectivity index (χ0n) is 8.14. The molecule has 0 radical (unpaired) electrons. The van der Waals surface area contributed by atoms with Gasteiger partial charge in [-0.25, -0.2) is 0 Å². The number of nitrogens with zero attached hydrogens (tertiary/aromatic N) is 1. The second kappa shape index (κ2) is 4.10. The summed E-state index contributed by atoms with van der Waals surface area (Å²) < 4.78 is 0. The topological polar surface area (TPSA) is 3.24 Å². The van der Waals surface area contributed by atoms with E-state index < -0.39 is 0 Å². The van der Waals surface area contributed by atoms with Crippen molar-refractivity contribution in [2.24, 2.45) is 11.8 Å². The van der Waals surface area contributed by atoms with Crippen molar-refractivity contribution in [3.63, 3.8) is 0 Å². The molecule has 1 saturated heterocycles. The van der Waals surface area contributed by atoms with Gasteiger partial charge >= 0.3 is 0 Å². The fourth-order valence-corrected chi connectivity index (χ4v) is 1.87. The van der Waals surface area contributed by atoms with Gasteiger partial charge in [-0.05, 0) is 37.8 Å². The minimum Gasteiger partial charge on any atom is -0.303 e. The van der Waals surface area contributed by atoms with Crippen molar-refractivity contribution in [1.29, 1.82) is 0 Å². The Kier molecular flexibility index (Phi) is 3.38. The van der Waals surface area contributed by atoms with Crippen LogP contribution in [0.2, 0.25) is 0 Å². The zero-order chi connectivity index (χ0) is 8.27. The Labute approximate surface area is 70.8 Å². The molecule has 0 amide bonds. The third kappa shape index (κ3) is 2.48. The van der Waals surface area contributed by atoms with Crippen LogP contribution in [0, 0.1) is 11.8 Å². The van der Waals surface area contributed by atoms with Crippen LogP contribution in [-0.4, -0.2) is 24.5 Å². The highest BCUT2D eigenvalue weighted by molar-refractivity contribution is 4.74. The molecule has 66 valence electrons. The normalized spacial score (nSPS) is 34.1. The largest absolute Gasteiger partial charge is 0.303 e. The van der Waals surface area contributed by atoms with Crippen LogP contribution < -0.4 is 0 Å². The molecule has 1 aliphatic rings. The number of hydrogen-bond acceptors (Lipinski definition) is 1. The first-order valence-electron chi connectivity index (χ1n) is 4.96. The Hall–Kier alpha value is -0.0400. The van der Waals surface area contributed by atoms with Gasteiger partial charge in [-0.1, -0.05) is 20.8 Å². The first kappa shape index (κ1) is 9.05. The van der Waals surface area contributed by atoms with E-state index in [1.165, 1.54) is 32.5 Å². The molecule has 1 heteroatoms. The van der Waals surface area contributed by atoms with E-state index in [0.29, 0.717) is 0 Å². The van der Waals surface area contributed by atoms with Crippen molar-refractivity contribution in [3.05, 3.63) is 0 Å². The third-order valence-electron chi connectivity index (χ3n) is 2.96. The summed E-state index contributed by atoms with van der Waals surface area (Å²) in [4.78, 5) is 2.60. The van der Waals surface area contributed by atoms with Gasteiger partial charge in [0.05, 0.1) is 0 Å². The van der Waals surface area contributed by atoms with E-state index in [9.17, 15) is 0 Å². The van der Waals surface area contributed by atoms with Crippen LogP contribution in [0.1, 0.15) is 33.6 Å². The molecule has 0 N–H and O–H groups in total. The lowest BCUT2D eigenvalue weighted by Gasteiger charge is -2.34. The quantitative estimate of drug-likeness (QED) is 0.592. The molecule has 1 fully saturated rings. The lowest BCUT2D eigenvalue weighted by molar-refractivity contribution is 0.139. The molecular weight excluding hydrogens is 134 g/mol. The zero-order valence-corrected chi connectivity index (χ0v) is 8.14. The maximum absolute atomic E-state index is 2.60. The smallest absolute Gasteiger partial charge is 0.000957 e. The van der Waals surface area contributed by atoms with Gasteiger partial charge in [0, 0.05) is 6.54 Å². The Morgan fingerprint density at radius 2 is 2.00 bits per heavy atom. The van der Waals surface area contributed by atoms with Crippen LogP contribution >= 0.6 is 0 Å². The minimum atomic E-state index is 0.912. The van der Waals surface area contributed by atoms with Gasteiger partial charge in [0.15, 0.2) is 0 Å². The van der Waals surface area contributed by atoms with Gasteiger partial charge in [0.1, 0.15) is 0 Å². The molecule has 0 bridgehead atoms. The van der Waals surface area contributed by atoms with E-state index in [-0.39, 0.29) is 0 Å². The summed E-state index contributed by atoms with van der Waals surface area (Å²) in [6.07, 6.45) is 2.71. The molecule has 0 aliphatic carbocycles. The summed E-state index contributed by atoms with van der Waals surface area (Å²) in [6.45, 7) is 11.0. The van der Waals surface area contributed by atoms with Gasteiger partial charge in [-0.2, -0.15) is 0 Å². The standard InChI is InChI=1S/C10H21N/c1-4-6-11-7-5-9(2)10(3)8-11/h9-10H,4-8H2,1-3H3/t9-,10?/m1/s1. The minimum absolute atomic E-state index is 0.912. The van der Waals surface area contributed by atoms with Gasteiger partial charge in [-0.3, -0.25) is 0 Å². The molecule has 1 aliphatic heterocycles. The SMILES string of the molecule is CCCN1CC[C@@H](C)C(C)C1. The number of likely N-dealkylation sites (tertiary alicyclic amines) is 1. The van der Waals surface area contributed by atoms with Crippen molar-refractivity contribution < 1.29 is 0 Å². The number of hydrogen-bond donors (Lipinski definition) is 0. The summed E-state index contributed by atoms with van der Waals surface area (Å²) in [5.41, 5.74) is 0. The molecule has 0 spiro atoms. The molecule has 1 rings (SSSR count). The predicted octanol–water partition coefficient (Wildman–Crippen LogP) is 2.37. The van der Waals surface area contributed by atoms with Crippen molar-refractivity contribution >= 4 is 0 Å². The van der Waals surface area contributed by atoms with E-state index in [4.69, 9.17) is 0 Å². The van der Waals surface area contributed by atoms with Gasteiger partial charge in [0.25, 0.3) is 0 Å². The lowest BCUT2D eigenvalue weighted by Crippen LogP contribution is -2.38. The lowest BCUT2D eigenvalue weighted by atomic mass is 9.89. The third-order valence-corrected chi connectivity index (χ3v) is 2.96. The Morgan fingerprint density at radius 1 is 1.27 bits per heavy atom. The Bertz CT molecular complexity index is 111. The van der Waals surface area contributed by atoms with Crippen molar-refractivity contribution in [2.45, 2.75) is 33.6 Å². The fourth-order valence-electron chi connectivity index (χ4n) is 1.87. The molecule has 0 aromatic heterocycles. The average molecular weight is 155 g/mol. The Morgan fingerprint density at radius 3 is 2.55 bits per heavy atom. The molecule has 0 saturated carbocycles. The monoisotopic (exact) mass is 155 g/mol. The van der Waals surface area contributed by atoms with Crippen LogP contribution in [-0.2, 0) is 0 Å². The molecule has 2 atom stereocenters. The fraction of sp³-hybridized carbons (Fsp3) is 1.00. The average Bonchev–Trinajstić information content (AvgIpc) is 1.98. The van der Waals surface area contributed by atoms with Crippen LogP contribution in [0.15, 0.2) is 0 Å². The number of piperidine rings is 1. The predicted molar refractivity (Wildman–Crippen MR) is 49.7 cm³/mol. The second-order valence-electron chi connectivity index (χ2n) is 4.04. The van der Waals surface area contributed by atoms with E-state index in [1.54, 1.807) is 0 Å². The van der Waals surface area contributed by atoms with Crippen molar-refractivity contribution in [3.8, 4) is 0 Å². The van der Waals surface area contributed by atoms with E-state index in [2.05, 4.69) is 25.7 Å². The highest BCUT2D eigenvalue weighted by atomic mass is 15.1. The van der Waals surface area contributed by atoms with Gasteiger partial charge in [-0.15, -0.1) is 0 Å². The summed E-state index contributed by atoms with van der Waals surface area (Å²) in [5.74, 6) is 1.86. The van der Waals surface area contributed by atoms with Gasteiger partial charge in [0.2, 0.25) is 0 Å². The van der Waals surface area contributed by atoms with Crippen molar-refractivity contribution in [2.75, 3.05) is 19.6 Å². The van der Waals surface area contributed by atoms with Gasteiger partial charge < -0.3 is 4.90 Å². The first-order chi connectivity index (χ1) is 5.24. The summed E-state index contributed by atoms with van der Waals surface area (Å²) in [5, 5.41) is 0. The molecule has 0 aromatic rings. The maximum atomic E-state index is 2.60.